The number of carbonyl (C=O) groups is 2. The van der Waals surface area contributed by atoms with Crippen LogP contribution in [-0.4, -0.2) is 87.1 Å². The van der Waals surface area contributed by atoms with E-state index >= 15 is 0 Å². The molecule has 38 heavy (non-hydrogen) atoms. The first-order chi connectivity index (χ1) is 18.6. The summed E-state index contributed by atoms with van der Waals surface area (Å²) in [5.41, 5.74) is 2.20. The van der Waals surface area contributed by atoms with Crippen molar-refractivity contribution in [2.75, 3.05) is 59.2 Å². The number of quaternary nitrogens is 2. The minimum atomic E-state index is -0.535. The highest BCUT2D eigenvalue weighted by Gasteiger charge is 2.34. The number of aliphatic hydroxyl groups is 1. The predicted octanol–water partition coefficient (Wildman–Crippen LogP) is -0.474. The van der Waals surface area contributed by atoms with E-state index < -0.39 is 6.10 Å². The van der Waals surface area contributed by atoms with E-state index in [2.05, 4.69) is 0 Å². The minimum Gasteiger partial charge on any atom is -0.454 e. The summed E-state index contributed by atoms with van der Waals surface area (Å²) < 4.78 is 16.5. The van der Waals surface area contributed by atoms with Gasteiger partial charge >= 0.3 is 0 Å². The Morgan fingerprint density at radius 1 is 0.895 bits per heavy atom. The molecule has 3 N–H and O–H groups in total. The van der Waals surface area contributed by atoms with E-state index in [1.165, 1.54) is 14.7 Å². The number of rotatable bonds is 9. The third-order valence-corrected chi connectivity index (χ3v) is 7.75. The Morgan fingerprint density at radius 2 is 1.58 bits per heavy atom. The zero-order valence-corrected chi connectivity index (χ0v) is 21.3. The summed E-state index contributed by atoms with van der Waals surface area (Å²) >= 11 is 0. The van der Waals surface area contributed by atoms with Gasteiger partial charge in [0.25, 0.3) is 11.8 Å². The normalized spacial score (nSPS) is 21.2. The van der Waals surface area contributed by atoms with Crippen LogP contribution in [0, 0.1) is 0 Å². The number of hydrogen-bond donors (Lipinski definition) is 3. The maximum atomic E-state index is 13.1. The van der Waals surface area contributed by atoms with E-state index in [4.69, 9.17) is 14.2 Å². The van der Waals surface area contributed by atoms with Crippen molar-refractivity contribution >= 4 is 22.6 Å². The third-order valence-electron chi connectivity index (χ3n) is 7.75. The molecule has 0 radical (unpaired) electrons. The summed E-state index contributed by atoms with van der Waals surface area (Å²) in [7, 11) is 0. The first-order valence-electron chi connectivity index (χ1n) is 13.3. The fraction of sp³-hybridized carbons (Fsp3) is 0.379. The van der Waals surface area contributed by atoms with Crippen molar-refractivity contribution < 1.29 is 38.7 Å². The Morgan fingerprint density at radius 3 is 2.32 bits per heavy atom. The molecule has 1 atom stereocenters. The van der Waals surface area contributed by atoms with Crippen molar-refractivity contribution in [2.45, 2.75) is 12.7 Å². The number of nitrogens with one attached hydrogen (secondary N) is 2. The van der Waals surface area contributed by atoms with Gasteiger partial charge < -0.3 is 29.1 Å². The molecule has 1 fully saturated rings. The molecule has 3 aromatic rings. The van der Waals surface area contributed by atoms with Crippen molar-refractivity contribution in [1.82, 2.24) is 4.90 Å². The molecular formula is C29H33N3O6+2. The number of piperazine rings is 1. The van der Waals surface area contributed by atoms with E-state index in [0.29, 0.717) is 30.8 Å². The second-order valence-corrected chi connectivity index (χ2v) is 10.3. The first kappa shape index (κ1) is 24.8. The molecule has 3 aliphatic heterocycles. The van der Waals surface area contributed by atoms with Gasteiger partial charge in [-0.2, -0.15) is 0 Å². The van der Waals surface area contributed by atoms with Crippen molar-refractivity contribution in [3.05, 3.63) is 71.3 Å². The van der Waals surface area contributed by atoms with Crippen LogP contribution < -0.4 is 19.3 Å². The van der Waals surface area contributed by atoms with Gasteiger partial charge in [0, 0.05) is 16.5 Å². The molecule has 198 valence electrons. The number of carbonyl (C=O) groups excluding carboxylic acids is 2. The van der Waals surface area contributed by atoms with Crippen LogP contribution in [0.3, 0.4) is 0 Å². The molecule has 6 rings (SSSR count). The van der Waals surface area contributed by atoms with E-state index in [1.54, 1.807) is 0 Å². The first-order valence-corrected chi connectivity index (χ1v) is 13.3. The summed E-state index contributed by atoms with van der Waals surface area (Å²) in [6, 6.07) is 17.0. The highest BCUT2D eigenvalue weighted by atomic mass is 16.7. The molecule has 0 unspecified atom stereocenters. The number of amides is 2. The molecule has 0 spiro atoms. The Balaban J connectivity index is 0.941. The maximum absolute atomic E-state index is 13.1. The Hall–Kier alpha value is -3.50. The van der Waals surface area contributed by atoms with Gasteiger partial charge in [0.1, 0.15) is 38.8 Å². The summed E-state index contributed by atoms with van der Waals surface area (Å²) in [5, 5.41) is 12.2. The Labute approximate surface area is 221 Å². The lowest BCUT2D eigenvalue weighted by atomic mass is 9.94. The quantitative estimate of drug-likeness (QED) is 0.331. The molecular weight excluding hydrogens is 486 g/mol. The van der Waals surface area contributed by atoms with E-state index in [0.717, 1.165) is 60.6 Å². The summed E-state index contributed by atoms with van der Waals surface area (Å²) in [6.07, 6.45) is -0.535. The zero-order valence-electron chi connectivity index (χ0n) is 21.3. The number of benzene rings is 3. The average molecular weight is 520 g/mol. The summed E-state index contributed by atoms with van der Waals surface area (Å²) in [4.78, 5) is 30.4. The minimum absolute atomic E-state index is 0.202. The SMILES string of the molecule is O=C1c2cccc3cccc(c23)C(=O)N1CC[NH+]1CC[NH+](C[C@@H](O)COCc2ccc3c(c2)OCO3)CC1. The Bertz CT molecular complexity index is 1300. The number of ether oxygens (including phenoxy) is 3. The molecule has 3 aromatic carbocycles. The standard InChI is InChI=1S/C29H31N3O6/c33-22(18-36-17-20-7-8-25-26(15-20)38-19-37-25)16-31-11-9-30(10-12-31)13-14-32-28(34)23-5-1-3-21-4-2-6-24(27(21)23)29(32)35/h1-8,15,22,33H,9-14,16-19H2/p+2/t22-/m1/s1. The molecule has 1 saturated heterocycles. The highest BCUT2D eigenvalue weighted by molar-refractivity contribution is 6.25. The lowest BCUT2D eigenvalue weighted by molar-refractivity contribution is -1.01. The van der Waals surface area contributed by atoms with Gasteiger partial charge in [0.2, 0.25) is 6.79 Å². The predicted molar refractivity (Wildman–Crippen MR) is 139 cm³/mol. The van der Waals surface area contributed by atoms with Crippen LogP contribution in [0.5, 0.6) is 11.5 Å². The number of fused-ring (bicyclic) bond motifs is 1. The smallest absolute Gasteiger partial charge is 0.261 e. The average Bonchev–Trinajstić information content (AvgIpc) is 3.40. The van der Waals surface area contributed by atoms with Gasteiger partial charge in [0.15, 0.2) is 11.5 Å². The second-order valence-electron chi connectivity index (χ2n) is 10.3. The van der Waals surface area contributed by atoms with Crippen LogP contribution in [0.25, 0.3) is 10.8 Å². The van der Waals surface area contributed by atoms with Crippen molar-refractivity contribution in [2.24, 2.45) is 0 Å². The summed E-state index contributed by atoms with van der Waals surface area (Å²) in [5.74, 6) is 1.07. The fourth-order valence-electron chi connectivity index (χ4n) is 5.70. The van der Waals surface area contributed by atoms with Crippen molar-refractivity contribution in [3.8, 4) is 11.5 Å². The third kappa shape index (κ3) is 4.98. The fourth-order valence-corrected chi connectivity index (χ4v) is 5.70. The highest BCUT2D eigenvalue weighted by Crippen LogP contribution is 2.32. The number of aliphatic hydroxyl groups excluding tert-OH is 1. The van der Waals surface area contributed by atoms with Gasteiger partial charge in [-0.25, -0.2) is 0 Å². The van der Waals surface area contributed by atoms with Crippen LogP contribution in [0.4, 0.5) is 0 Å². The lowest BCUT2D eigenvalue weighted by Gasteiger charge is -2.32. The van der Waals surface area contributed by atoms with E-state index in [9.17, 15) is 14.7 Å². The molecule has 9 nitrogen and oxygen atoms in total. The van der Waals surface area contributed by atoms with Crippen LogP contribution in [0.1, 0.15) is 26.3 Å². The van der Waals surface area contributed by atoms with Crippen LogP contribution in [0.15, 0.2) is 54.6 Å². The largest absolute Gasteiger partial charge is 0.454 e. The second kappa shape index (κ2) is 10.7. The lowest BCUT2D eigenvalue weighted by Crippen LogP contribution is -3.28. The molecule has 0 aliphatic carbocycles. The molecule has 0 saturated carbocycles. The maximum Gasteiger partial charge on any atom is 0.261 e. The van der Waals surface area contributed by atoms with Gasteiger partial charge in [-0.05, 0) is 35.2 Å². The monoisotopic (exact) mass is 519 g/mol. The molecule has 0 aromatic heterocycles. The number of hydrogen-bond acceptors (Lipinski definition) is 6. The molecule has 3 aliphatic rings. The van der Waals surface area contributed by atoms with Crippen LogP contribution in [-0.2, 0) is 11.3 Å². The van der Waals surface area contributed by atoms with Crippen molar-refractivity contribution in [3.63, 3.8) is 0 Å². The molecule has 3 heterocycles. The van der Waals surface area contributed by atoms with E-state index in [-0.39, 0.29) is 25.2 Å². The van der Waals surface area contributed by atoms with Gasteiger partial charge in [0.05, 0.1) is 26.3 Å². The van der Waals surface area contributed by atoms with Gasteiger partial charge in [-0.1, -0.05) is 30.3 Å². The van der Waals surface area contributed by atoms with Crippen LogP contribution >= 0.6 is 0 Å². The molecule has 0 bridgehead atoms. The zero-order chi connectivity index (χ0) is 26.1. The molecule has 9 heteroatoms. The topological polar surface area (TPSA) is 94.2 Å². The van der Waals surface area contributed by atoms with E-state index in [1.807, 2.05) is 54.6 Å². The Kier molecular flexibility index (Phi) is 6.99. The molecule has 2 amide bonds. The van der Waals surface area contributed by atoms with Gasteiger partial charge in [-0.15, -0.1) is 0 Å². The van der Waals surface area contributed by atoms with Crippen molar-refractivity contribution in [1.29, 1.82) is 0 Å². The number of imide groups is 1. The number of nitrogens with zero attached hydrogens (tertiary/aromatic N) is 1. The van der Waals surface area contributed by atoms with Crippen LogP contribution in [0.2, 0.25) is 0 Å². The van der Waals surface area contributed by atoms with Gasteiger partial charge in [-0.3, -0.25) is 14.5 Å². The summed E-state index contributed by atoms with van der Waals surface area (Å²) in [6.45, 7) is 6.43.